The van der Waals surface area contributed by atoms with Crippen molar-refractivity contribution in [2.75, 3.05) is 30.8 Å². The van der Waals surface area contributed by atoms with Gasteiger partial charge in [0, 0.05) is 23.7 Å². The minimum absolute atomic E-state index is 0.257. The third-order valence-electron chi connectivity index (χ3n) is 3.48. The summed E-state index contributed by atoms with van der Waals surface area (Å²) in [6.45, 7) is 1.06. The van der Waals surface area contributed by atoms with E-state index in [1.54, 1.807) is 0 Å². The number of nitrogens with two attached hydrogens (primary N) is 1. The highest BCUT2D eigenvalue weighted by Gasteiger charge is 2.25. The van der Waals surface area contributed by atoms with Gasteiger partial charge >= 0.3 is 0 Å². The summed E-state index contributed by atoms with van der Waals surface area (Å²) in [4.78, 5) is 6.82. The maximum Gasteiger partial charge on any atom is 0.231 e. The highest BCUT2D eigenvalue weighted by atomic mass is 32.2. The molecule has 0 saturated carbocycles. The van der Waals surface area contributed by atoms with Crippen LogP contribution in [0.3, 0.4) is 0 Å². The molecule has 2 aromatic rings. The van der Waals surface area contributed by atoms with Gasteiger partial charge in [-0.15, -0.1) is 0 Å². The van der Waals surface area contributed by atoms with Crippen LogP contribution in [-0.2, 0) is 6.42 Å². The van der Waals surface area contributed by atoms with E-state index in [9.17, 15) is 0 Å². The first-order chi connectivity index (χ1) is 9.72. The fourth-order valence-electron chi connectivity index (χ4n) is 2.31. The van der Waals surface area contributed by atoms with Crippen LogP contribution in [0.15, 0.2) is 28.8 Å². The van der Waals surface area contributed by atoms with Crippen molar-refractivity contribution in [3.05, 3.63) is 41.5 Å². The van der Waals surface area contributed by atoms with E-state index in [-0.39, 0.29) is 6.04 Å². The van der Waals surface area contributed by atoms with Gasteiger partial charge < -0.3 is 10.3 Å². The van der Waals surface area contributed by atoms with Crippen molar-refractivity contribution in [1.82, 2.24) is 15.0 Å². The normalized spacial score (nSPS) is 20.1. The molecule has 1 atom stereocenters. The molecule has 1 saturated heterocycles. The zero-order chi connectivity index (χ0) is 13.9. The molecule has 1 aliphatic rings. The molecule has 0 spiro atoms. The monoisotopic (exact) mass is 290 g/mol. The molecule has 20 heavy (non-hydrogen) atoms. The summed E-state index contributed by atoms with van der Waals surface area (Å²) in [6.07, 6.45) is 0.627. The maximum absolute atomic E-state index is 5.78. The molecule has 1 aromatic carbocycles. The fraction of sp³-hybridized carbons (Fsp3) is 0.429. The van der Waals surface area contributed by atoms with E-state index >= 15 is 0 Å². The first-order valence-electron chi connectivity index (χ1n) is 6.67. The summed E-state index contributed by atoms with van der Waals surface area (Å²) < 4.78 is 5.37. The van der Waals surface area contributed by atoms with E-state index in [4.69, 9.17) is 10.3 Å². The second kappa shape index (κ2) is 5.85. The number of nitrogen functional groups attached to an aromatic ring is 1. The summed E-state index contributed by atoms with van der Waals surface area (Å²) >= 11 is 1.94. The number of aromatic nitrogens is 2. The van der Waals surface area contributed by atoms with Gasteiger partial charge in [0.1, 0.15) is 0 Å². The lowest BCUT2D eigenvalue weighted by Gasteiger charge is -2.29. The standard InChI is InChI=1S/C14H18N4OS/c1-18-5-6-20-9-12(18)14-16-13(19-17-14)8-10-3-2-4-11(15)7-10/h2-4,7,12H,5-6,8-9,15H2,1H3. The van der Waals surface area contributed by atoms with Crippen molar-refractivity contribution in [2.45, 2.75) is 12.5 Å². The Morgan fingerprint density at radius 2 is 2.40 bits per heavy atom. The van der Waals surface area contributed by atoms with Crippen molar-refractivity contribution in [3.63, 3.8) is 0 Å². The number of rotatable bonds is 3. The number of hydrogen-bond acceptors (Lipinski definition) is 6. The summed E-state index contributed by atoms with van der Waals surface area (Å²) in [5, 5.41) is 4.14. The van der Waals surface area contributed by atoms with Crippen molar-refractivity contribution in [2.24, 2.45) is 0 Å². The molecule has 1 unspecified atom stereocenters. The molecule has 2 heterocycles. The lowest BCUT2D eigenvalue weighted by atomic mass is 10.1. The van der Waals surface area contributed by atoms with Crippen molar-refractivity contribution in [3.8, 4) is 0 Å². The number of hydrogen-bond donors (Lipinski definition) is 1. The van der Waals surface area contributed by atoms with Gasteiger partial charge in [0.15, 0.2) is 5.82 Å². The predicted octanol–water partition coefficient (Wildman–Crippen LogP) is 1.96. The number of benzene rings is 1. The topological polar surface area (TPSA) is 68.2 Å². The van der Waals surface area contributed by atoms with Crippen molar-refractivity contribution < 1.29 is 4.52 Å². The Kier molecular flexibility index (Phi) is 3.93. The second-order valence-electron chi connectivity index (χ2n) is 5.04. The lowest BCUT2D eigenvalue weighted by Crippen LogP contribution is -2.33. The predicted molar refractivity (Wildman–Crippen MR) is 80.7 cm³/mol. The van der Waals surface area contributed by atoms with E-state index in [0.717, 1.165) is 29.4 Å². The molecule has 106 valence electrons. The quantitative estimate of drug-likeness (QED) is 0.872. The van der Waals surface area contributed by atoms with E-state index in [2.05, 4.69) is 22.1 Å². The SMILES string of the molecule is CN1CCSCC1c1noc(Cc2cccc(N)c2)n1. The third-order valence-corrected chi connectivity index (χ3v) is 4.51. The summed E-state index contributed by atoms with van der Waals surface area (Å²) in [5.41, 5.74) is 7.62. The van der Waals surface area contributed by atoms with Gasteiger partial charge in [0.2, 0.25) is 5.89 Å². The van der Waals surface area contributed by atoms with Crippen molar-refractivity contribution >= 4 is 17.4 Å². The zero-order valence-corrected chi connectivity index (χ0v) is 12.3. The first kappa shape index (κ1) is 13.5. The molecule has 5 nitrogen and oxygen atoms in total. The summed E-state index contributed by atoms with van der Waals surface area (Å²) in [7, 11) is 2.11. The minimum Gasteiger partial charge on any atom is -0.399 e. The van der Waals surface area contributed by atoms with E-state index in [1.165, 1.54) is 5.75 Å². The molecule has 0 aliphatic carbocycles. The van der Waals surface area contributed by atoms with Gasteiger partial charge in [-0.25, -0.2) is 0 Å². The third kappa shape index (κ3) is 2.96. The van der Waals surface area contributed by atoms with Gasteiger partial charge in [-0.2, -0.15) is 16.7 Å². The van der Waals surface area contributed by atoms with E-state index in [1.807, 2.05) is 36.0 Å². The average molecular weight is 290 g/mol. The number of nitrogens with zero attached hydrogens (tertiary/aromatic N) is 3. The second-order valence-corrected chi connectivity index (χ2v) is 6.19. The average Bonchev–Trinajstić information content (AvgIpc) is 2.87. The van der Waals surface area contributed by atoms with Crippen LogP contribution in [0, 0.1) is 0 Å². The fourth-order valence-corrected chi connectivity index (χ4v) is 3.52. The van der Waals surface area contributed by atoms with E-state index < -0.39 is 0 Å². The largest absolute Gasteiger partial charge is 0.399 e. The van der Waals surface area contributed by atoms with Crippen LogP contribution in [0.1, 0.15) is 23.3 Å². The van der Waals surface area contributed by atoms with Crippen LogP contribution in [0.2, 0.25) is 0 Å². The highest BCUT2D eigenvalue weighted by Crippen LogP contribution is 2.26. The van der Waals surface area contributed by atoms with Crippen LogP contribution in [0.4, 0.5) is 5.69 Å². The number of anilines is 1. The van der Waals surface area contributed by atoms with Gasteiger partial charge in [0.25, 0.3) is 0 Å². The van der Waals surface area contributed by atoms with Crippen LogP contribution in [0.5, 0.6) is 0 Å². The molecule has 3 rings (SSSR count). The zero-order valence-electron chi connectivity index (χ0n) is 11.5. The van der Waals surface area contributed by atoms with E-state index in [0.29, 0.717) is 12.3 Å². The molecule has 1 aromatic heterocycles. The van der Waals surface area contributed by atoms with Gasteiger partial charge in [-0.05, 0) is 24.7 Å². The Hall–Kier alpha value is -1.53. The molecule has 1 aliphatic heterocycles. The molecule has 0 bridgehead atoms. The molecular formula is C14H18N4OS. The van der Waals surface area contributed by atoms with Gasteiger partial charge in [0.05, 0.1) is 12.5 Å². The highest BCUT2D eigenvalue weighted by molar-refractivity contribution is 7.99. The van der Waals surface area contributed by atoms with Gasteiger partial charge in [-0.3, -0.25) is 4.90 Å². The van der Waals surface area contributed by atoms with Crippen LogP contribution in [-0.4, -0.2) is 40.1 Å². The van der Waals surface area contributed by atoms with Gasteiger partial charge in [-0.1, -0.05) is 17.3 Å². The Morgan fingerprint density at radius 1 is 1.50 bits per heavy atom. The van der Waals surface area contributed by atoms with Crippen LogP contribution in [0.25, 0.3) is 0 Å². The smallest absolute Gasteiger partial charge is 0.231 e. The van der Waals surface area contributed by atoms with Crippen LogP contribution < -0.4 is 5.73 Å². The Bertz CT molecular complexity index is 586. The van der Waals surface area contributed by atoms with Crippen molar-refractivity contribution in [1.29, 1.82) is 0 Å². The Labute approximate surface area is 122 Å². The Balaban J connectivity index is 1.73. The molecule has 0 amide bonds. The Morgan fingerprint density at radius 3 is 3.20 bits per heavy atom. The van der Waals surface area contributed by atoms with Crippen LogP contribution >= 0.6 is 11.8 Å². The summed E-state index contributed by atoms with van der Waals surface area (Å²) in [5.74, 6) is 3.63. The minimum atomic E-state index is 0.257. The summed E-state index contributed by atoms with van der Waals surface area (Å²) in [6, 6.07) is 8.02. The molecule has 6 heteroatoms. The lowest BCUT2D eigenvalue weighted by molar-refractivity contribution is 0.256. The molecule has 0 radical (unpaired) electrons. The maximum atomic E-state index is 5.78. The molecule has 2 N–H and O–H groups in total. The molecule has 1 fully saturated rings. The number of thioether (sulfide) groups is 1. The molecular weight excluding hydrogens is 272 g/mol. The first-order valence-corrected chi connectivity index (χ1v) is 7.83.